The van der Waals surface area contributed by atoms with Crippen molar-refractivity contribution in [3.63, 3.8) is 0 Å². The fourth-order valence-corrected chi connectivity index (χ4v) is 3.00. The Balaban J connectivity index is 0.00000180. The maximum absolute atomic E-state index is 11.9. The van der Waals surface area contributed by atoms with Crippen LogP contribution >= 0.6 is 0 Å². The second kappa shape index (κ2) is 5.71. The van der Waals surface area contributed by atoms with Gasteiger partial charge in [0.1, 0.15) is 0 Å². The van der Waals surface area contributed by atoms with Crippen LogP contribution in [-0.4, -0.2) is 20.7 Å². The maximum atomic E-state index is 11.9. The molecule has 1 unspecified atom stereocenters. The van der Waals surface area contributed by atoms with Crippen molar-refractivity contribution in [2.45, 2.75) is 38.9 Å². The molecule has 6 heteroatoms. The Labute approximate surface area is 113 Å². The minimum atomic E-state index is -3.89. The van der Waals surface area contributed by atoms with Crippen LogP contribution in [-0.2, 0) is 30.3 Å². The van der Waals surface area contributed by atoms with Gasteiger partial charge in [0.2, 0.25) is 6.29 Å². The molecule has 1 aliphatic rings. The summed E-state index contributed by atoms with van der Waals surface area (Å²) in [5.74, 6) is -0.800. The van der Waals surface area contributed by atoms with Crippen LogP contribution in [0.3, 0.4) is 0 Å². The van der Waals surface area contributed by atoms with E-state index >= 15 is 0 Å². The Morgan fingerprint density at radius 1 is 1.42 bits per heavy atom. The zero-order valence-electron chi connectivity index (χ0n) is 10.1. The molecule has 1 aromatic carbocycles. The predicted octanol–water partition coefficient (Wildman–Crippen LogP) is 2.11. The van der Waals surface area contributed by atoms with Crippen molar-refractivity contribution in [1.82, 2.24) is 0 Å². The van der Waals surface area contributed by atoms with Gasteiger partial charge >= 0.3 is 5.97 Å². The highest BCUT2D eigenvalue weighted by atomic mass is 32.2. The van der Waals surface area contributed by atoms with E-state index in [0.29, 0.717) is 6.42 Å². The first-order valence-electron chi connectivity index (χ1n) is 5.58. The number of carbonyl (C=O) groups excluding carboxylic acids is 1. The number of ether oxygens (including phenoxy) is 1. The molecule has 1 aliphatic heterocycles. The number of rotatable bonds is 1. The van der Waals surface area contributed by atoms with Gasteiger partial charge in [-0.15, -0.1) is 0 Å². The van der Waals surface area contributed by atoms with Crippen LogP contribution in [0.4, 0.5) is 0 Å². The molecule has 2 rings (SSSR count). The number of hydrogen-bond donors (Lipinski definition) is 0. The Bertz CT molecular complexity index is 564. The molecular weight excluding hydrogens is 268 g/mol. The molecule has 0 spiro atoms. The molecule has 0 fully saturated rings. The van der Waals surface area contributed by atoms with E-state index in [0.717, 1.165) is 5.56 Å². The normalized spacial score (nSPS) is 24.5. The van der Waals surface area contributed by atoms with E-state index < -0.39 is 22.4 Å². The van der Waals surface area contributed by atoms with Crippen LogP contribution in [0.15, 0.2) is 29.2 Å². The summed E-state index contributed by atoms with van der Waals surface area (Å²) in [6.07, 6.45) is -0.493. The Kier molecular flexibility index (Phi) is 4.70. The van der Waals surface area contributed by atoms with Crippen molar-refractivity contribution in [3.8, 4) is 0 Å². The van der Waals surface area contributed by atoms with E-state index in [-0.39, 0.29) is 18.2 Å². The molecule has 0 amide bonds. The number of benzene rings is 1. The summed E-state index contributed by atoms with van der Waals surface area (Å²) in [7, 11) is -3.89. The summed E-state index contributed by atoms with van der Waals surface area (Å²) < 4.78 is 33.8. The molecule has 0 saturated carbocycles. The molecule has 0 aliphatic carbocycles. The van der Waals surface area contributed by atoms with Crippen LogP contribution in [0, 0.1) is 5.92 Å². The topological polar surface area (TPSA) is 69.7 Å². The minimum absolute atomic E-state index is 0. The summed E-state index contributed by atoms with van der Waals surface area (Å²) in [4.78, 5) is 11.1. The molecule has 2 atom stereocenters. The van der Waals surface area contributed by atoms with Crippen LogP contribution in [0.2, 0.25) is 0 Å². The van der Waals surface area contributed by atoms with Crippen LogP contribution in [0.1, 0.15) is 26.8 Å². The van der Waals surface area contributed by atoms with E-state index in [2.05, 4.69) is 0 Å². The minimum Gasteiger partial charge on any atom is -0.434 e. The lowest BCUT2D eigenvalue weighted by Crippen LogP contribution is -2.32. The number of esters is 1. The third-order valence-electron chi connectivity index (χ3n) is 2.71. The molecule has 1 aromatic rings. The first-order valence-corrected chi connectivity index (χ1v) is 6.99. The van der Waals surface area contributed by atoms with Gasteiger partial charge in [0, 0.05) is 12.8 Å². The molecule has 106 valence electrons. The molecule has 0 saturated heterocycles. The molecule has 5 nitrogen and oxygen atoms in total. The van der Waals surface area contributed by atoms with Gasteiger partial charge in [-0.3, -0.25) is 4.79 Å². The highest BCUT2D eigenvalue weighted by Gasteiger charge is 2.31. The summed E-state index contributed by atoms with van der Waals surface area (Å²) >= 11 is 0. The van der Waals surface area contributed by atoms with Gasteiger partial charge in [-0.25, -0.2) is 4.18 Å². The zero-order valence-corrected chi connectivity index (χ0v) is 10.9. The molecule has 0 radical (unpaired) electrons. The quantitative estimate of drug-likeness (QED) is 0.584. The summed E-state index contributed by atoms with van der Waals surface area (Å²) in [5, 5.41) is 0. The zero-order chi connectivity index (χ0) is 13.3. The number of carbonyl (C=O) groups is 1. The Morgan fingerprint density at radius 2 is 2.11 bits per heavy atom. The van der Waals surface area contributed by atoms with Crippen LogP contribution < -0.4 is 0 Å². The predicted molar refractivity (Wildman–Crippen MR) is 69.9 cm³/mol. The van der Waals surface area contributed by atoms with Crippen LogP contribution in [0.25, 0.3) is 0 Å². The van der Waals surface area contributed by atoms with Crippen LogP contribution in [0.5, 0.6) is 0 Å². The highest BCUT2D eigenvalue weighted by Crippen LogP contribution is 2.26. The summed E-state index contributed by atoms with van der Waals surface area (Å²) in [5.41, 5.74) is 0.879. The molecular formula is C13H18O5S. The highest BCUT2D eigenvalue weighted by molar-refractivity contribution is 7.86. The first kappa shape index (κ1) is 15.7. The standard InChI is InChI=1S/C12H14O5S.CH4/c1-8-6-10-4-3-5-11(7-10)18(14,15)17-12(8)16-9(2)13;/h3-5,7-8,12H,6H2,1-2H3;1H4/t8?,12-;/m0./s1. The average molecular weight is 286 g/mol. The monoisotopic (exact) mass is 286 g/mol. The fourth-order valence-electron chi connectivity index (χ4n) is 1.87. The lowest BCUT2D eigenvalue weighted by molar-refractivity contribution is -0.167. The van der Waals surface area contributed by atoms with E-state index in [1.165, 1.54) is 13.0 Å². The smallest absolute Gasteiger partial charge is 0.304 e. The van der Waals surface area contributed by atoms with Gasteiger partial charge in [-0.1, -0.05) is 26.5 Å². The van der Waals surface area contributed by atoms with E-state index in [9.17, 15) is 13.2 Å². The van der Waals surface area contributed by atoms with E-state index in [1.807, 2.05) is 6.07 Å². The van der Waals surface area contributed by atoms with Crippen molar-refractivity contribution in [2.75, 3.05) is 0 Å². The van der Waals surface area contributed by atoms with Gasteiger partial charge in [0.05, 0.1) is 4.90 Å². The van der Waals surface area contributed by atoms with Gasteiger partial charge in [0.15, 0.2) is 0 Å². The second-order valence-electron chi connectivity index (χ2n) is 4.36. The second-order valence-corrected chi connectivity index (χ2v) is 5.93. The van der Waals surface area contributed by atoms with Crippen molar-refractivity contribution in [1.29, 1.82) is 0 Å². The van der Waals surface area contributed by atoms with Crippen molar-refractivity contribution >= 4 is 16.1 Å². The van der Waals surface area contributed by atoms with Gasteiger partial charge in [0.25, 0.3) is 10.1 Å². The first-order chi connectivity index (χ1) is 8.38. The number of hydrogen-bond acceptors (Lipinski definition) is 5. The number of fused-ring (bicyclic) bond motifs is 2. The molecule has 19 heavy (non-hydrogen) atoms. The largest absolute Gasteiger partial charge is 0.434 e. The van der Waals surface area contributed by atoms with Crippen molar-refractivity contribution in [2.24, 2.45) is 5.92 Å². The molecule has 2 bridgehead atoms. The van der Waals surface area contributed by atoms with E-state index in [1.54, 1.807) is 19.1 Å². The van der Waals surface area contributed by atoms with Crippen molar-refractivity contribution < 1.29 is 22.1 Å². The molecule has 1 heterocycles. The third kappa shape index (κ3) is 3.54. The fraction of sp³-hybridized carbons (Fsp3) is 0.462. The Hall–Kier alpha value is -1.40. The van der Waals surface area contributed by atoms with Crippen molar-refractivity contribution in [3.05, 3.63) is 29.8 Å². The van der Waals surface area contributed by atoms with Gasteiger partial charge in [-0.2, -0.15) is 8.42 Å². The SMILES string of the molecule is C.CC(=O)O[C@H]1OS(=O)(=O)c2cccc(c2)CC1C. The lowest BCUT2D eigenvalue weighted by Gasteiger charge is -2.25. The average Bonchev–Trinajstić information content (AvgIpc) is 2.26. The summed E-state index contributed by atoms with van der Waals surface area (Å²) in [6, 6.07) is 6.55. The summed E-state index contributed by atoms with van der Waals surface area (Å²) in [6.45, 7) is 3.00. The third-order valence-corrected chi connectivity index (χ3v) is 3.99. The molecule has 0 N–H and O–H groups in total. The molecule has 0 aromatic heterocycles. The lowest BCUT2D eigenvalue weighted by atomic mass is 10.0. The van der Waals surface area contributed by atoms with Gasteiger partial charge in [-0.05, 0) is 24.1 Å². The van der Waals surface area contributed by atoms with E-state index in [4.69, 9.17) is 8.92 Å². The Morgan fingerprint density at radius 3 is 2.74 bits per heavy atom. The maximum Gasteiger partial charge on any atom is 0.304 e. The van der Waals surface area contributed by atoms with Gasteiger partial charge < -0.3 is 4.74 Å².